The number of rotatable bonds is 2. The second kappa shape index (κ2) is 4.40. The molecular formula is C8H14INO. The fourth-order valence-corrected chi connectivity index (χ4v) is 1.93. The second-order valence-corrected chi connectivity index (χ2v) is 4.91. The molecule has 0 saturated carbocycles. The minimum absolute atomic E-state index is 0.289. The molecule has 1 saturated heterocycles. The number of hydrogen-bond acceptors (Lipinski definition) is 2. The Bertz CT molecular complexity index is 141. The molecule has 1 aliphatic heterocycles. The number of piperidine rings is 1. The first-order chi connectivity index (χ1) is 5.18. The summed E-state index contributed by atoms with van der Waals surface area (Å²) in [6.45, 7) is 4.53. The highest BCUT2D eigenvalue weighted by atomic mass is 127. The van der Waals surface area contributed by atoms with Gasteiger partial charge in [-0.15, -0.1) is 0 Å². The fraction of sp³-hybridized carbons (Fsp3) is 0.875. The first-order valence-electron chi connectivity index (χ1n) is 4.04. The van der Waals surface area contributed by atoms with Crippen molar-refractivity contribution in [2.24, 2.45) is 0 Å². The molecule has 64 valence electrons. The predicted molar refractivity (Wildman–Crippen MR) is 54.2 cm³/mol. The van der Waals surface area contributed by atoms with Crippen LogP contribution in [0.2, 0.25) is 0 Å². The lowest BCUT2D eigenvalue weighted by atomic mass is 10.1. The van der Waals surface area contributed by atoms with Gasteiger partial charge in [0.15, 0.2) is 0 Å². The molecule has 0 aliphatic carbocycles. The van der Waals surface area contributed by atoms with E-state index in [0.717, 1.165) is 17.0 Å². The van der Waals surface area contributed by atoms with E-state index in [9.17, 15) is 4.79 Å². The van der Waals surface area contributed by atoms with E-state index >= 15 is 0 Å². The van der Waals surface area contributed by atoms with Crippen molar-refractivity contribution in [1.29, 1.82) is 0 Å². The Labute approximate surface area is 81.5 Å². The third-order valence-electron chi connectivity index (χ3n) is 1.96. The monoisotopic (exact) mass is 267 g/mol. The maximum Gasteiger partial charge on any atom is 0.143 e. The molecule has 1 heterocycles. The lowest BCUT2D eigenvalue weighted by Crippen LogP contribution is -2.36. The van der Waals surface area contributed by atoms with Crippen LogP contribution >= 0.6 is 22.6 Å². The third kappa shape index (κ3) is 3.51. The number of ketones is 1. The van der Waals surface area contributed by atoms with E-state index in [1.165, 1.54) is 12.8 Å². The topological polar surface area (TPSA) is 20.3 Å². The molecule has 0 spiro atoms. The molecule has 1 aliphatic rings. The van der Waals surface area contributed by atoms with Gasteiger partial charge in [0.1, 0.15) is 5.78 Å². The third-order valence-corrected chi connectivity index (χ3v) is 3.21. The molecule has 0 aromatic carbocycles. The molecule has 0 radical (unpaired) electrons. The van der Waals surface area contributed by atoms with Gasteiger partial charge in [0, 0.05) is 3.92 Å². The van der Waals surface area contributed by atoms with Crippen molar-refractivity contribution >= 4 is 28.4 Å². The van der Waals surface area contributed by atoms with Crippen molar-refractivity contribution < 1.29 is 4.79 Å². The Morgan fingerprint density at radius 1 is 1.55 bits per heavy atom. The molecule has 1 fully saturated rings. The van der Waals surface area contributed by atoms with E-state index in [4.69, 9.17) is 0 Å². The van der Waals surface area contributed by atoms with Gasteiger partial charge in [-0.2, -0.15) is 0 Å². The van der Waals surface area contributed by atoms with Crippen LogP contribution in [-0.2, 0) is 4.79 Å². The van der Waals surface area contributed by atoms with Gasteiger partial charge >= 0.3 is 0 Å². The summed E-state index contributed by atoms with van der Waals surface area (Å²) in [4.78, 5) is 13.0. The zero-order valence-corrected chi connectivity index (χ0v) is 9.00. The number of hydrogen-bond donors (Lipinski definition) is 0. The van der Waals surface area contributed by atoms with Crippen LogP contribution in [0.5, 0.6) is 0 Å². The zero-order chi connectivity index (χ0) is 8.27. The van der Waals surface area contributed by atoms with Crippen molar-refractivity contribution in [3.63, 3.8) is 0 Å². The van der Waals surface area contributed by atoms with Crippen molar-refractivity contribution in [3.8, 4) is 0 Å². The molecule has 0 amide bonds. The summed E-state index contributed by atoms with van der Waals surface area (Å²) in [7, 11) is 0. The van der Waals surface area contributed by atoms with Crippen LogP contribution < -0.4 is 0 Å². The van der Waals surface area contributed by atoms with E-state index in [2.05, 4.69) is 27.5 Å². The van der Waals surface area contributed by atoms with Crippen molar-refractivity contribution in [2.75, 3.05) is 19.6 Å². The quantitative estimate of drug-likeness (QED) is 0.558. The first-order valence-corrected chi connectivity index (χ1v) is 5.29. The van der Waals surface area contributed by atoms with Gasteiger partial charge in [-0.3, -0.25) is 9.69 Å². The highest BCUT2D eigenvalue weighted by Gasteiger charge is 2.16. The zero-order valence-electron chi connectivity index (χ0n) is 6.85. The van der Waals surface area contributed by atoms with Crippen molar-refractivity contribution in [1.82, 2.24) is 4.90 Å². The molecule has 0 bridgehead atoms. The van der Waals surface area contributed by atoms with Crippen LogP contribution in [0.25, 0.3) is 0 Å². The summed E-state index contributed by atoms with van der Waals surface area (Å²) in [5, 5.41) is 0. The number of nitrogens with zero attached hydrogens (tertiary/aromatic N) is 1. The van der Waals surface area contributed by atoms with Crippen LogP contribution in [0, 0.1) is 0 Å². The number of carbonyl (C=O) groups is 1. The molecule has 3 heteroatoms. The molecule has 0 unspecified atom stereocenters. The molecule has 0 aromatic rings. The van der Waals surface area contributed by atoms with Gasteiger partial charge in [-0.1, -0.05) is 22.6 Å². The van der Waals surface area contributed by atoms with E-state index in [1.807, 2.05) is 0 Å². The number of likely N-dealkylation sites (tertiary alicyclic amines) is 1. The SMILES string of the molecule is CC(=O)CN1CCC(I)CC1. The number of Topliss-reactive ketones (excluding diaryl/α,β-unsaturated/α-hetero) is 1. The van der Waals surface area contributed by atoms with E-state index in [0.29, 0.717) is 6.54 Å². The largest absolute Gasteiger partial charge is 0.299 e. The Morgan fingerprint density at radius 3 is 2.55 bits per heavy atom. The van der Waals surface area contributed by atoms with E-state index in [-0.39, 0.29) is 5.78 Å². The molecule has 2 nitrogen and oxygen atoms in total. The minimum Gasteiger partial charge on any atom is -0.299 e. The molecule has 1 rings (SSSR count). The fourth-order valence-electron chi connectivity index (χ4n) is 1.37. The van der Waals surface area contributed by atoms with Crippen molar-refractivity contribution in [2.45, 2.75) is 23.7 Å². The molecule has 0 aromatic heterocycles. The van der Waals surface area contributed by atoms with Crippen LogP contribution in [0.4, 0.5) is 0 Å². The van der Waals surface area contributed by atoms with Crippen LogP contribution in [0.3, 0.4) is 0 Å². The van der Waals surface area contributed by atoms with Gasteiger partial charge in [-0.05, 0) is 32.9 Å². The van der Waals surface area contributed by atoms with E-state index < -0.39 is 0 Å². The van der Waals surface area contributed by atoms with Gasteiger partial charge < -0.3 is 0 Å². The number of alkyl halides is 1. The Morgan fingerprint density at radius 2 is 2.09 bits per heavy atom. The second-order valence-electron chi connectivity index (χ2n) is 3.15. The predicted octanol–water partition coefficient (Wildman–Crippen LogP) is 1.47. The van der Waals surface area contributed by atoms with Crippen LogP contribution in [0.1, 0.15) is 19.8 Å². The average Bonchev–Trinajstić information content (AvgIpc) is 1.93. The summed E-state index contributed by atoms with van der Waals surface area (Å²) in [5.74, 6) is 0.289. The first kappa shape index (κ1) is 9.45. The normalized spacial score (nSPS) is 22.0. The summed E-state index contributed by atoms with van der Waals surface area (Å²) in [6, 6.07) is 0. The van der Waals surface area contributed by atoms with Crippen LogP contribution in [0.15, 0.2) is 0 Å². The van der Waals surface area contributed by atoms with E-state index in [1.54, 1.807) is 6.92 Å². The van der Waals surface area contributed by atoms with Gasteiger partial charge in [0.2, 0.25) is 0 Å². The standard InChI is InChI=1S/C8H14INO/c1-7(11)6-10-4-2-8(9)3-5-10/h8H,2-6H2,1H3. The summed E-state index contributed by atoms with van der Waals surface area (Å²) in [6.07, 6.45) is 2.49. The minimum atomic E-state index is 0.289. The summed E-state index contributed by atoms with van der Waals surface area (Å²) < 4.78 is 0.829. The van der Waals surface area contributed by atoms with Crippen molar-refractivity contribution in [3.05, 3.63) is 0 Å². The lowest BCUT2D eigenvalue weighted by molar-refractivity contribution is -0.118. The molecule has 0 atom stereocenters. The Kier molecular flexibility index (Phi) is 3.78. The van der Waals surface area contributed by atoms with Gasteiger partial charge in [-0.25, -0.2) is 0 Å². The molecule has 11 heavy (non-hydrogen) atoms. The molecular weight excluding hydrogens is 253 g/mol. The number of carbonyl (C=O) groups excluding carboxylic acids is 1. The Hall–Kier alpha value is 0.360. The lowest BCUT2D eigenvalue weighted by Gasteiger charge is -2.28. The maximum absolute atomic E-state index is 10.7. The Balaban J connectivity index is 2.22. The maximum atomic E-state index is 10.7. The smallest absolute Gasteiger partial charge is 0.143 e. The highest BCUT2D eigenvalue weighted by Crippen LogP contribution is 2.17. The average molecular weight is 267 g/mol. The highest BCUT2D eigenvalue weighted by molar-refractivity contribution is 14.1. The van der Waals surface area contributed by atoms with Gasteiger partial charge in [0.05, 0.1) is 6.54 Å². The summed E-state index contributed by atoms with van der Waals surface area (Å²) in [5.41, 5.74) is 0. The van der Waals surface area contributed by atoms with Crippen LogP contribution in [-0.4, -0.2) is 34.2 Å². The summed E-state index contributed by atoms with van der Waals surface area (Å²) >= 11 is 2.49. The number of halogens is 1. The van der Waals surface area contributed by atoms with Gasteiger partial charge in [0.25, 0.3) is 0 Å². The molecule has 0 N–H and O–H groups in total.